The quantitative estimate of drug-likeness (QED) is 0.632. The molecular formula is C9H4Br2F4. The van der Waals surface area contributed by atoms with Crippen LogP contribution in [0.4, 0.5) is 17.6 Å². The molecule has 15 heavy (non-hydrogen) atoms. The van der Waals surface area contributed by atoms with E-state index in [1.165, 1.54) is 6.08 Å². The molecule has 0 aliphatic rings. The predicted octanol–water partition coefficient (Wildman–Crippen LogP) is 4.93. The van der Waals surface area contributed by atoms with E-state index in [0.717, 1.165) is 12.1 Å². The minimum atomic E-state index is -4.54. The average Bonchev–Trinajstić information content (AvgIpc) is 1.99. The van der Waals surface area contributed by atoms with Crippen LogP contribution in [-0.4, -0.2) is 0 Å². The lowest BCUT2D eigenvalue weighted by Crippen LogP contribution is -2.05. The van der Waals surface area contributed by atoms with E-state index < -0.39 is 17.6 Å². The van der Waals surface area contributed by atoms with Crippen LogP contribution in [0.15, 0.2) is 21.6 Å². The summed E-state index contributed by atoms with van der Waals surface area (Å²) in [5.74, 6) is -0.919. The lowest BCUT2D eigenvalue weighted by molar-refractivity contribution is -0.137. The smallest absolute Gasteiger partial charge is 0.207 e. The van der Waals surface area contributed by atoms with Gasteiger partial charge < -0.3 is 0 Å². The molecule has 0 fully saturated rings. The van der Waals surface area contributed by atoms with Gasteiger partial charge in [0.25, 0.3) is 0 Å². The highest BCUT2D eigenvalue weighted by molar-refractivity contribution is 9.28. The summed E-state index contributed by atoms with van der Waals surface area (Å²) in [4.78, 5) is 0. The van der Waals surface area contributed by atoms with Crippen molar-refractivity contribution in [3.8, 4) is 0 Å². The van der Waals surface area contributed by atoms with Gasteiger partial charge in [0.1, 0.15) is 5.82 Å². The zero-order valence-electron chi connectivity index (χ0n) is 7.08. The first kappa shape index (κ1) is 12.7. The van der Waals surface area contributed by atoms with Crippen LogP contribution in [0, 0.1) is 5.82 Å². The molecule has 0 saturated carbocycles. The van der Waals surface area contributed by atoms with Crippen LogP contribution in [0.2, 0.25) is 0 Å². The fourth-order valence-electron chi connectivity index (χ4n) is 0.985. The van der Waals surface area contributed by atoms with E-state index in [1.807, 2.05) is 0 Å². The van der Waals surface area contributed by atoms with Crippen molar-refractivity contribution in [3.63, 3.8) is 0 Å². The summed E-state index contributed by atoms with van der Waals surface area (Å²) in [6, 6.07) is 2.34. The molecule has 6 heteroatoms. The van der Waals surface area contributed by atoms with Gasteiger partial charge >= 0.3 is 6.18 Å². The Morgan fingerprint density at radius 2 is 1.73 bits per heavy atom. The van der Waals surface area contributed by atoms with E-state index in [9.17, 15) is 17.6 Å². The fraction of sp³-hybridized carbons (Fsp3) is 0.111. The van der Waals surface area contributed by atoms with E-state index in [2.05, 4.69) is 31.9 Å². The first-order valence-electron chi connectivity index (χ1n) is 3.69. The Morgan fingerprint density at radius 1 is 1.13 bits per heavy atom. The van der Waals surface area contributed by atoms with Crippen molar-refractivity contribution in [1.82, 2.24) is 0 Å². The van der Waals surface area contributed by atoms with Crippen molar-refractivity contribution in [2.45, 2.75) is 6.18 Å². The van der Waals surface area contributed by atoms with Gasteiger partial charge in [-0.3, -0.25) is 0 Å². The monoisotopic (exact) mass is 346 g/mol. The summed E-state index contributed by atoms with van der Waals surface area (Å²) < 4.78 is 50.1. The largest absolute Gasteiger partial charge is 0.416 e. The topological polar surface area (TPSA) is 0 Å². The van der Waals surface area contributed by atoms with Crippen molar-refractivity contribution in [2.75, 3.05) is 0 Å². The van der Waals surface area contributed by atoms with Crippen molar-refractivity contribution in [3.05, 3.63) is 38.5 Å². The Kier molecular flexibility index (Phi) is 3.94. The van der Waals surface area contributed by atoms with Crippen molar-refractivity contribution in [2.24, 2.45) is 0 Å². The zero-order valence-corrected chi connectivity index (χ0v) is 10.2. The van der Waals surface area contributed by atoms with Gasteiger partial charge in [0.15, 0.2) is 0 Å². The Bertz CT molecular complexity index is 392. The molecule has 0 aliphatic heterocycles. The third-order valence-electron chi connectivity index (χ3n) is 1.52. The molecule has 1 aromatic rings. The number of alkyl halides is 3. The number of benzene rings is 1. The molecule has 0 amide bonds. The summed E-state index contributed by atoms with van der Waals surface area (Å²) >= 11 is 5.97. The van der Waals surface area contributed by atoms with Gasteiger partial charge in [-0.15, -0.1) is 0 Å². The second-order valence-corrected chi connectivity index (χ2v) is 5.48. The molecule has 0 heterocycles. The molecule has 0 aromatic heterocycles. The third kappa shape index (κ3) is 3.95. The Labute approximate surface area is 100 Å². The SMILES string of the molecule is Fc1cc(C=C(Br)Br)cc(C(F)(F)F)c1. The average molecular weight is 348 g/mol. The molecule has 82 valence electrons. The van der Waals surface area contributed by atoms with Crippen molar-refractivity contribution < 1.29 is 17.6 Å². The summed E-state index contributed by atoms with van der Waals surface area (Å²) in [5, 5.41) is 0. The van der Waals surface area contributed by atoms with Crippen LogP contribution in [-0.2, 0) is 6.18 Å². The summed E-state index contributed by atoms with van der Waals surface area (Å²) in [7, 11) is 0. The summed E-state index contributed by atoms with van der Waals surface area (Å²) in [6.07, 6.45) is -3.21. The van der Waals surface area contributed by atoms with E-state index in [-0.39, 0.29) is 5.56 Å². The van der Waals surface area contributed by atoms with Gasteiger partial charge in [0, 0.05) is 0 Å². The van der Waals surface area contributed by atoms with Crippen molar-refractivity contribution >= 4 is 37.9 Å². The maximum Gasteiger partial charge on any atom is 0.416 e. The molecule has 0 saturated heterocycles. The molecule has 0 spiro atoms. The molecule has 0 atom stereocenters. The highest BCUT2D eigenvalue weighted by Crippen LogP contribution is 2.31. The Balaban J connectivity index is 3.23. The standard InChI is InChI=1S/C9H4Br2F4/c10-8(11)3-5-1-6(9(13,14)15)4-7(12)2-5/h1-4H. The van der Waals surface area contributed by atoms with Gasteiger partial charge in [-0.1, -0.05) is 0 Å². The molecule has 1 aromatic carbocycles. The van der Waals surface area contributed by atoms with Crippen LogP contribution in [0.5, 0.6) is 0 Å². The van der Waals surface area contributed by atoms with Crippen LogP contribution in [0.1, 0.15) is 11.1 Å². The molecule has 1 rings (SSSR count). The number of halogens is 6. The minimum Gasteiger partial charge on any atom is -0.207 e. The van der Waals surface area contributed by atoms with Gasteiger partial charge in [-0.2, -0.15) is 13.2 Å². The first-order chi connectivity index (χ1) is 6.79. The minimum absolute atomic E-state index is 0.131. The van der Waals surface area contributed by atoms with Gasteiger partial charge in [-0.05, 0) is 61.7 Å². The lowest BCUT2D eigenvalue weighted by atomic mass is 10.1. The van der Waals surface area contributed by atoms with Gasteiger partial charge in [0.05, 0.1) is 8.96 Å². The maximum atomic E-state index is 12.8. The molecule has 0 unspecified atom stereocenters. The molecule has 0 nitrogen and oxygen atoms in total. The summed E-state index contributed by atoms with van der Waals surface area (Å²) in [5.41, 5.74) is -0.874. The summed E-state index contributed by atoms with van der Waals surface area (Å²) in [6.45, 7) is 0. The molecule has 0 bridgehead atoms. The second kappa shape index (κ2) is 4.65. The first-order valence-corrected chi connectivity index (χ1v) is 5.28. The van der Waals surface area contributed by atoms with E-state index in [0.29, 0.717) is 9.46 Å². The van der Waals surface area contributed by atoms with Crippen LogP contribution in [0.25, 0.3) is 6.08 Å². The van der Waals surface area contributed by atoms with E-state index >= 15 is 0 Å². The Morgan fingerprint density at radius 3 is 2.20 bits per heavy atom. The van der Waals surface area contributed by atoms with E-state index in [1.54, 1.807) is 0 Å². The van der Waals surface area contributed by atoms with Gasteiger partial charge in [-0.25, -0.2) is 4.39 Å². The molecule has 0 N–H and O–H groups in total. The van der Waals surface area contributed by atoms with Crippen LogP contribution in [0.3, 0.4) is 0 Å². The zero-order chi connectivity index (χ0) is 11.6. The molecular weight excluding hydrogens is 344 g/mol. The highest BCUT2D eigenvalue weighted by Gasteiger charge is 2.31. The predicted molar refractivity (Wildman–Crippen MR) is 57.2 cm³/mol. The normalized spacial score (nSPS) is 11.3. The molecule has 0 aliphatic carbocycles. The third-order valence-corrected chi connectivity index (χ3v) is 1.98. The molecule has 0 radical (unpaired) electrons. The van der Waals surface area contributed by atoms with Crippen LogP contribution < -0.4 is 0 Å². The lowest BCUT2D eigenvalue weighted by Gasteiger charge is -2.07. The maximum absolute atomic E-state index is 12.8. The van der Waals surface area contributed by atoms with Crippen molar-refractivity contribution in [1.29, 1.82) is 0 Å². The van der Waals surface area contributed by atoms with Crippen LogP contribution >= 0.6 is 31.9 Å². The number of hydrogen-bond acceptors (Lipinski definition) is 0. The number of rotatable bonds is 1. The second-order valence-electron chi connectivity index (χ2n) is 2.70. The van der Waals surface area contributed by atoms with E-state index in [4.69, 9.17) is 0 Å². The highest BCUT2D eigenvalue weighted by atomic mass is 79.9. The number of hydrogen-bond donors (Lipinski definition) is 0. The Hall–Kier alpha value is -0.360. The van der Waals surface area contributed by atoms with Gasteiger partial charge in [0.2, 0.25) is 0 Å². The fourth-order valence-corrected chi connectivity index (χ4v) is 1.51.